The van der Waals surface area contributed by atoms with Crippen molar-refractivity contribution in [1.82, 2.24) is 4.98 Å². The summed E-state index contributed by atoms with van der Waals surface area (Å²) < 4.78 is 10.4. The topological polar surface area (TPSA) is 51.3 Å². The number of carbonyl (C=O) groups is 1. The molecule has 0 atom stereocenters. The highest BCUT2D eigenvalue weighted by molar-refractivity contribution is 5.83. The number of fused-ring (bicyclic) bond motifs is 1. The van der Waals surface area contributed by atoms with Gasteiger partial charge in [0.25, 0.3) is 0 Å². The second kappa shape index (κ2) is 7.68. The average molecular weight is 323 g/mol. The highest BCUT2D eigenvalue weighted by Gasteiger charge is 2.07. The molecule has 4 heteroatoms. The minimum atomic E-state index is -0.161. The van der Waals surface area contributed by atoms with Crippen molar-refractivity contribution in [2.45, 2.75) is 25.9 Å². The quantitative estimate of drug-likeness (QED) is 0.662. The number of para-hydroxylation sites is 1. The van der Waals surface area contributed by atoms with Gasteiger partial charge >= 0.3 is 5.97 Å². The summed E-state index contributed by atoms with van der Waals surface area (Å²) in [5.41, 5.74) is 3.34. The van der Waals surface area contributed by atoms with Crippen LogP contribution in [0.5, 0.6) is 5.75 Å². The van der Waals surface area contributed by atoms with Gasteiger partial charge in [-0.3, -0.25) is 4.79 Å². The van der Waals surface area contributed by atoms with Gasteiger partial charge in [0.1, 0.15) is 12.4 Å². The molecule has 0 fully saturated rings. The monoisotopic (exact) mass is 323 g/mol. The zero-order valence-electron chi connectivity index (χ0n) is 13.7. The molecule has 3 rings (SSSR count). The van der Waals surface area contributed by atoms with Crippen molar-refractivity contribution in [2.75, 3.05) is 7.11 Å². The van der Waals surface area contributed by atoms with E-state index in [1.165, 1.54) is 10.9 Å². The number of methoxy groups -OCH3 is 1. The van der Waals surface area contributed by atoms with Crippen LogP contribution < -0.4 is 4.74 Å². The van der Waals surface area contributed by atoms with E-state index >= 15 is 0 Å². The van der Waals surface area contributed by atoms with Crippen LogP contribution in [0.3, 0.4) is 0 Å². The van der Waals surface area contributed by atoms with E-state index in [9.17, 15) is 4.79 Å². The Morgan fingerprint density at radius 3 is 2.67 bits per heavy atom. The summed E-state index contributed by atoms with van der Waals surface area (Å²) in [7, 11) is 1.63. The number of esters is 1. The van der Waals surface area contributed by atoms with Crippen LogP contribution in [-0.4, -0.2) is 18.1 Å². The Kier molecular flexibility index (Phi) is 5.16. The van der Waals surface area contributed by atoms with E-state index in [-0.39, 0.29) is 5.97 Å². The number of H-pyrrole nitrogens is 1. The normalized spacial score (nSPS) is 10.7. The maximum absolute atomic E-state index is 11.9. The van der Waals surface area contributed by atoms with Crippen LogP contribution in [0.1, 0.15) is 24.0 Å². The first kappa shape index (κ1) is 16.1. The van der Waals surface area contributed by atoms with Crippen molar-refractivity contribution in [3.63, 3.8) is 0 Å². The first-order valence-electron chi connectivity index (χ1n) is 8.10. The van der Waals surface area contributed by atoms with Crippen molar-refractivity contribution in [3.05, 3.63) is 65.9 Å². The molecular weight excluding hydrogens is 302 g/mol. The molecule has 124 valence electrons. The predicted octanol–water partition coefficient (Wildman–Crippen LogP) is 4.24. The molecule has 2 aromatic carbocycles. The fraction of sp³-hybridized carbons (Fsp3) is 0.250. The summed E-state index contributed by atoms with van der Waals surface area (Å²) >= 11 is 0. The fourth-order valence-corrected chi connectivity index (χ4v) is 2.72. The van der Waals surface area contributed by atoms with Crippen molar-refractivity contribution in [2.24, 2.45) is 0 Å². The lowest BCUT2D eigenvalue weighted by Crippen LogP contribution is -2.05. The van der Waals surface area contributed by atoms with Gasteiger partial charge < -0.3 is 14.5 Å². The lowest BCUT2D eigenvalue weighted by molar-refractivity contribution is -0.145. The van der Waals surface area contributed by atoms with E-state index in [2.05, 4.69) is 17.1 Å². The summed E-state index contributed by atoms with van der Waals surface area (Å²) in [6, 6.07) is 15.7. The van der Waals surface area contributed by atoms with Gasteiger partial charge in [0.15, 0.2) is 0 Å². The molecular formula is C20H21NO3. The van der Waals surface area contributed by atoms with Gasteiger partial charge in [0, 0.05) is 23.5 Å². The van der Waals surface area contributed by atoms with Gasteiger partial charge in [-0.2, -0.15) is 0 Å². The number of benzene rings is 2. The largest absolute Gasteiger partial charge is 0.497 e. The number of aromatic amines is 1. The third kappa shape index (κ3) is 3.96. The molecule has 1 heterocycles. The van der Waals surface area contributed by atoms with Gasteiger partial charge in [-0.25, -0.2) is 0 Å². The van der Waals surface area contributed by atoms with Crippen LogP contribution in [0.25, 0.3) is 10.9 Å². The molecule has 0 radical (unpaired) electrons. The summed E-state index contributed by atoms with van der Waals surface area (Å²) in [6.45, 7) is 0.302. The molecule has 0 amide bonds. The van der Waals surface area contributed by atoms with E-state index in [0.717, 1.165) is 29.7 Å². The minimum Gasteiger partial charge on any atom is -0.497 e. The van der Waals surface area contributed by atoms with Crippen molar-refractivity contribution >= 4 is 16.9 Å². The molecule has 0 bridgehead atoms. The molecule has 0 aliphatic heterocycles. The molecule has 0 aliphatic rings. The number of carbonyl (C=O) groups excluding carboxylic acids is 1. The van der Waals surface area contributed by atoms with E-state index in [4.69, 9.17) is 9.47 Å². The van der Waals surface area contributed by atoms with Crippen molar-refractivity contribution < 1.29 is 14.3 Å². The molecule has 1 aromatic heterocycles. The van der Waals surface area contributed by atoms with Crippen LogP contribution in [0, 0.1) is 0 Å². The summed E-state index contributed by atoms with van der Waals surface area (Å²) in [5.74, 6) is 0.634. The minimum absolute atomic E-state index is 0.161. The van der Waals surface area contributed by atoms with Crippen LogP contribution in [0.2, 0.25) is 0 Å². The predicted molar refractivity (Wildman–Crippen MR) is 94.0 cm³/mol. The number of hydrogen-bond acceptors (Lipinski definition) is 3. The number of hydrogen-bond donors (Lipinski definition) is 1. The maximum atomic E-state index is 11.9. The summed E-state index contributed by atoms with van der Waals surface area (Å²) in [5, 5.41) is 1.23. The highest BCUT2D eigenvalue weighted by Crippen LogP contribution is 2.19. The van der Waals surface area contributed by atoms with Gasteiger partial charge in [-0.1, -0.05) is 30.3 Å². The molecule has 0 saturated heterocycles. The van der Waals surface area contributed by atoms with Crippen LogP contribution in [-0.2, 0) is 22.6 Å². The zero-order chi connectivity index (χ0) is 16.8. The molecule has 3 aromatic rings. The Labute approximate surface area is 141 Å². The molecule has 0 unspecified atom stereocenters. The molecule has 0 saturated carbocycles. The first-order valence-corrected chi connectivity index (χ1v) is 8.10. The number of aromatic nitrogens is 1. The molecule has 1 N–H and O–H groups in total. The summed E-state index contributed by atoms with van der Waals surface area (Å²) in [6.07, 6.45) is 4.09. The van der Waals surface area contributed by atoms with E-state index in [1.807, 2.05) is 42.6 Å². The van der Waals surface area contributed by atoms with Gasteiger partial charge in [0.05, 0.1) is 7.11 Å². The molecule has 4 nitrogen and oxygen atoms in total. The SMILES string of the molecule is COc1ccc(COC(=O)CCCc2c[nH]c3ccccc23)cc1. The maximum Gasteiger partial charge on any atom is 0.306 e. The third-order valence-electron chi connectivity index (χ3n) is 4.06. The second-order valence-corrected chi connectivity index (χ2v) is 5.72. The average Bonchev–Trinajstić information content (AvgIpc) is 3.04. The lowest BCUT2D eigenvalue weighted by atomic mass is 10.1. The molecule has 0 spiro atoms. The number of rotatable bonds is 7. The standard InChI is InChI=1S/C20H21NO3/c1-23-17-11-9-15(10-12-17)14-24-20(22)8-4-5-16-13-21-19-7-3-2-6-18(16)19/h2-3,6-7,9-13,21H,4-5,8,14H2,1H3. The Hall–Kier alpha value is -2.75. The summed E-state index contributed by atoms with van der Waals surface area (Å²) in [4.78, 5) is 15.1. The van der Waals surface area contributed by atoms with Crippen LogP contribution in [0.4, 0.5) is 0 Å². The second-order valence-electron chi connectivity index (χ2n) is 5.72. The smallest absolute Gasteiger partial charge is 0.306 e. The van der Waals surface area contributed by atoms with Gasteiger partial charge in [-0.05, 0) is 42.2 Å². The zero-order valence-corrected chi connectivity index (χ0v) is 13.7. The number of nitrogens with one attached hydrogen (secondary N) is 1. The number of ether oxygens (including phenoxy) is 2. The Morgan fingerprint density at radius 1 is 1.08 bits per heavy atom. The van der Waals surface area contributed by atoms with Gasteiger partial charge in [-0.15, -0.1) is 0 Å². The van der Waals surface area contributed by atoms with Crippen LogP contribution >= 0.6 is 0 Å². The van der Waals surface area contributed by atoms with E-state index in [0.29, 0.717) is 13.0 Å². The molecule has 0 aliphatic carbocycles. The van der Waals surface area contributed by atoms with Crippen LogP contribution in [0.15, 0.2) is 54.7 Å². The Bertz CT molecular complexity index is 805. The van der Waals surface area contributed by atoms with Crippen molar-refractivity contribution in [3.8, 4) is 5.75 Å². The van der Waals surface area contributed by atoms with E-state index in [1.54, 1.807) is 7.11 Å². The molecule has 24 heavy (non-hydrogen) atoms. The van der Waals surface area contributed by atoms with Gasteiger partial charge in [0.2, 0.25) is 0 Å². The Balaban J connectivity index is 1.44. The third-order valence-corrected chi connectivity index (χ3v) is 4.06. The fourth-order valence-electron chi connectivity index (χ4n) is 2.72. The van der Waals surface area contributed by atoms with Crippen molar-refractivity contribution in [1.29, 1.82) is 0 Å². The first-order chi connectivity index (χ1) is 11.8. The highest BCUT2D eigenvalue weighted by atomic mass is 16.5. The lowest BCUT2D eigenvalue weighted by Gasteiger charge is -2.06. The number of aryl methyl sites for hydroxylation is 1. The Morgan fingerprint density at radius 2 is 1.88 bits per heavy atom. The van der Waals surface area contributed by atoms with E-state index < -0.39 is 0 Å².